The van der Waals surface area contributed by atoms with Crippen LogP contribution in [0.2, 0.25) is 0 Å². The minimum Gasteiger partial charge on any atom is -0.339 e. The molecule has 2 heterocycles. The molecule has 10 nitrogen and oxygen atoms in total. The molecule has 0 bridgehead atoms. The topological polar surface area (TPSA) is 121 Å². The molecule has 170 valence electrons. The van der Waals surface area contributed by atoms with Crippen LogP contribution in [0, 0.1) is 23.0 Å². The quantitative estimate of drug-likeness (QED) is 0.492. The molecule has 2 aliphatic rings. The summed E-state index contributed by atoms with van der Waals surface area (Å²) in [4.78, 5) is 38.6. The van der Waals surface area contributed by atoms with Gasteiger partial charge < -0.3 is 9.80 Å². The summed E-state index contributed by atoms with van der Waals surface area (Å²) < 4.78 is 27.4. The van der Waals surface area contributed by atoms with E-state index in [1.165, 1.54) is 16.4 Å². The number of piperidine rings is 1. The summed E-state index contributed by atoms with van der Waals surface area (Å²) in [5.74, 6) is -0.166. The van der Waals surface area contributed by atoms with Crippen LogP contribution in [0.15, 0.2) is 23.1 Å². The fourth-order valence-corrected chi connectivity index (χ4v) is 5.83. The van der Waals surface area contributed by atoms with Gasteiger partial charge in [-0.2, -0.15) is 4.31 Å². The molecular formula is C20H28N4O6S. The highest BCUT2D eigenvalue weighted by atomic mass is 32.2. The molecular weight excluding hydrogens is 424 g/mol. The van der Waals surface area contributed by atoms with Gasteiger partial charge in [-0.05, 0) is 25.3 Å². The highest BCUT2D eigenvalue weighted by molar-refractivity contribution is 7.89. The van der Waals surface area contributed by atoms with Crippen molar-refractivity contribution >= 4 is 27.5 Å². The van der Waals surface area contributed by atoms with Gasteiger partial charge in [0.15, 0.2) is 0 Å². The lowest BCUT2D eigenvalue weighted by atomic mass is 9.96. The molecule has 0 aromatic heterocycles. The third-order valence-electron chi connectivity index (χ3n) is 6.05. The lowest BCUT2D eigenvalue weighted by Crippen LogP contribution is -2.53. The molecule has 0 unspecified atom stereocenters. The number of piperazine rings is 1. The smallest absolute Gasteiger partial charge is 0.270 e. The third-order valence-corrected chi connectivity index (χ3v) is 8.09. The third kappa shape index (κ3) is 4.87. The Morgan fingerprint density at radius 1 is 1.06 bits per heavy atom. The molecule has 2 amide bonds. The monoisotopic (exact) mass is 452 g/mol. The lowest BCUT2D eigenvalue weighted by molar-refractivity contribution is -0.385. The number of hydrogen-bond acceptors (Lipinski definition) is 6. The van der Waals surface area contributed by atoms with E-state index in [1.54, 1.807) is 16.7 Å². The van der Waals surface area contributed by atoms with Crippen LogP contribution in [-0.4, -0.2) is 78.5 Å². The van der Waals surface area contributed by atoms with E-state index in [0.29, 0.717) is 51.0 Å². The number of sulfonamides is 1. The van der Waals surface area contributed by atoms with E-state index in [-0.39, 0.29) is 41.4 Å². The number of nitro groups is 1. The Bertz CT molecular complexity index is 964. The van der Waals surface area contributed by atoms with E-state index < -0.39 is 14.9 Å². The molecule has 0 atom stereocenters. The molecule has 3 rings (SSSR count). The number of rotatable bonds is 5. The van der Waals surface area contributed by atoms with Gasteiger partial charge in [0.2, 0.25) is 21.8 Å². The Balaban J connectivity index is 1.62. The Morgan fingerprint density at radius 2 is 1.65 bits per heavy atom. The minimum atomic E-state index is -3.88. The van der Waals surface area contributed by atoms with Gasteiger partial charge in [-0.3, -0.25) is 19.7 Å². The van der Waals surface area contributed by atoms with Gasteiger partial charge in [0, 0.05) is 63.7 Å². The Labute approximate surface area is 182 Å². The first kappa shape index (κ1) is 23.1. The van der Waals surface area contributed by atoms with Gasteiger partial charge in [-0.25, -0.2) is 8.42 Å². The average Bonchev–Trinajstić information content (AvgIpc) is 2.78. The van der Waals surface area contributed by atoms with Gasteiger partial charge in [0.1, 0.15) is 0 Å². The van der Waals surface area contributed by atoms with Crippen LogP contribution in [0.1, 0.15) is 31.7 Å². The van der Waals surface area contributed by atoms with Crippen LogP contribution in [0.5, 0.6) is 0 Å². The number of aryl methyl sites for hydroxylation is 1. The van der Waals surface area contributed by atoms with Gasteiger partial charge in [0.25, 0.3) is 5.69 Å². The highest BCUT2D eigenvalue weighted by Gasteiger charge is 2.36. The molecule has 0 aliphatic carbocycles. The summed E-state index contributed by atoms with van der Waals surface area (Å²) in [5.41, 5.74) is 0.179. The number of benzene rings is 1. The van der Waals surface area contributed by atoms with E-state index in [0.717, 1.165) is 6.07 Å². The van der Waals surface area contributed by atoms with Crippen LogP contribution < -0.4 is 0 Å². The summed E-state index contributed by atoms with van der Waals surface area (Å²) in [7, 11) is -3.88. The molecule has 1 aromatic rings. The maximum Gasteiger partial charge on any atom is 0.270 e. The summed E-state index contributed by atoms with van der Waals surface area (Å²) in [6.07, 6.45) is 1.26. The van der Waals surface area contributed by atoms with Gasteiger partial charge in [0.05, 0.1) is 9.82 Å². The molecule has 31 heavy (non-hydrogen) atoms. The van der Waals surface area contributed by atoms with Crippen molar-refractivity contribution in [2.75, 3.05) is 39.3 Å². The van der Waals surface area contributed by atoms with Gasteiger partial charge in [-0.15, -0.1) is 0 Å². The van der Waals surface area contributed by atoms with Crippen molar-refractivity contribution in [3.63, 3.8) is 0 Å². The largest absolute Gasteiger partial charge is 0.339 e. The van der Waals surface area contributed by atoms with Crippen molar-refractivity contribution in [1.29, 1.82) is 0 Å². The molecule has 1 aromatic carbocycles. The lowest BCUT2D eigenvalue weighted by Gasteiger charge is -2.38. The summed E-state index contributed by atoms with van der Waals surface area (Å²) in [6.45, 7) is 5.85. The Hall–Kier alpha value is -2.53. The number of hydrogen-bond donors (Lipinski definition) is 0. The normalized spacial score (nSPS) is 18.8. The fraction of sp³-hybridized carbons (Fsp3) is 0.600. The first-order chi connectivity index (χ1) is 14.6. The SMILES string of the molecule is CCC(=O)N1CCN(C(=O)C2CCN(S(=O)(=O)c3cc([N+](=O)[O-])ccc3C)CC2)CC1. The zero-order valence-corrected chi connectivity index (χ0v) is 18.6. The first-order valence-corrected chi connectivity index (χ1v) is 11.9. The molecule has 0 spiro atoms. The average molecular weight is 453 g/mol. The number of nitrogens with zero attached hydrogens (tertiary/aromatic N) is 4. The van der Waals surface area contributed by atoms with E-state index in [9.17, 15) is 28.1 Å². The molecule has 0 saturated carbocycles. The fourth-order valence-electron chi connectivity index (χ4n) is 4.12. The van der Waals surface area contributed by atoms with Crippen LogP contribution in [0.4, 0.5) is 5.69 Å². The number of nitro benzene ring substituents is 1. The second-order valence-corrected chi connectivity index (χ2v) is 9.85. The minimum absolute atomic E-state index is 0.00664. The summed E-state index contributed by atoms with van der Waals surface area (Å²) in [6, 6.07) is 3.82. The molecule has 2 saturated heterocycles. The van der Waals surface area contributed by atoms with E-state index in [1.807, 2.05) is 6.92 Å². The van der Waals surface area contributed by atoms with Crippen molar-refractivity contribution in [1.82, 2.24) is 14.1 Å². The number of carbonyl (C=O) groups is 2. The predicted octanol–water partition coefficient (Wildman–Crippen LogP) is 1.38. The zero-order valence-electron chi connectivity index (χ0n) is 17.8. The summed E-state index contributed by atoms with van der Waals surface area (Å²) >= 11 is 0. The van der Waals surface area contributed by atoms with Crippen molar-refractivity contribution in [2.45, 2.75) is 38.0 Å². The van der Waals surface area contributed by atoms with Crippen molar-refractivity contribution < 1.29 is 22.9 Å². The Kier molecular flexibility index (Phi) is 6.95. The second kappa shape index (κ2) is 9.31. The maximum absolute atomic E-state index is 13.1. The summed E-state index contributed by atoms with van der Waals surface area (Å²) in [5, 5.41) is 11.0. The molecule has 2 aliphatic heterocycles. The van der Waals surface area contributed by atoms with Crippen molar-refractivity contribution in [2.24, 2.45) is 5.92 Å². The molecule has 0 N–H and O–H groups in total. The predicted molar refractivity (Wildman–Crippen MR) is 113 cm³/mol. The van der Waals surface area contributed by atoms with Crippen LogP contribution in [0.25, 0.3) is 0 Å². The Morgan fingerprint density at radius 3 is 2.19 bits per heavy atom. The standard InChI is InChI=1S/C20H28N4O6S/c1-3-19(25)21-10-12-22(13-11-21)20(26)16-6-8-23(9-7-16)31(29,30)18-14-17(24(27)28)5-4-15(18)2/h4-5,14,16H,3,6-13H2,1-2H3. The van der Waals surface area contributed by atoms with Crippen molar-refractivity contribution in [3.8, 4) is 0 Å². The molecule has 2 fully saturated rings. The zero-order chi connectivity index (χ0) is 22.8. The maximum atomic E-state index is 13.1. The molecule has 11 heteroatoms. The second-order valence-electron chi connectivity index (χ2n) is 7.94. The van der Waals surface area contributed by atoms with E-state index in [2.05, 4.69) is 0 Å². The van der Waals surface area contributed by atoms with Crippen LogP contribution in [0.3, 0.4) is 0 Å². The molecule has 0 radical (unpaired) electrons. The van der Waals surface area contributed by atoms with Crippen molar-refractivity contribution in [3.05, 3.63) is 33.9 Å². The number of amides is 2. The van der Waals surface area contributed by atoms with Gasteiger partial charge >= 0.3 is 0 Å². The number of non-ortho nitro benzene ring substituents is 1. The first-order valence-electron chi connectivity index (χ1n) is 10.5. The number of carbonyl (C=O) groups excluding carboxylic acids is 2. The van der Waals surface area contributed by atoms with Crippen LogP contribution in [-0.2, 0) is 19.6 Å². The van der Waals surface area contributed by atoms with Gasteiger partial charge in [-0.1, -0.05) is 13.0 Å². The van der Waals surface area contributed by atoms with Crippen LogP contribution >= 0.6 is 0 Å². The van der Waals surface area contributed by atoms with E-state index in [4.69, 9.17) is 0 Å². The highest BCUT2D eigenvalue weighted by Crippen LogP contribution is 2.29. The van der Waals surface area contributed by atoms with E-state index >= 15 is 0 Å².